The molecular formula is C16H17N3O3. The number of benzene rings is 1. The number of fused-ring (bicyclic) bond motifs is 3. The molecule has 0 radical (unpaired) electrons. The van der Waals surface area contributed by atoms with E-state index in [9.17, 15) is 9.59 Å². The fraction of sp³-hybridized carbons (Fsp3) is 0.312. The summed E-state index contributed by atoms with van der Waals surface area (Å²) >= 11 is 0. The van der Waals surface area contributed by atoms with E-state index in [0.29, 0.717) is 24.4 Å². The number of nitrogens with zero attached hydrogens (tertiary/aromatic N) is 2. The molecule has 3 rings (SSSR count). The Hall–Kier alpha value is -2.63. The fourth-order valence-electron chi connectivity index (χ4n) is 2.57. The molecule has 6 nitrogen and oxygen atoms in total. The van der Waals surface area contributed by atoms with Crippen molar-refractivity contribution in [2.24, 2.45) is 0 Å². The number of carbonyl (C=O) groups excluding carboxylic acids is 1. The third-order valence-corrected chi connectivity index (χ3v) is 3.57. The van der Waals surface area contributed by atoms with E-state index < -0.39 is 0 Å². The zero-order chi connectivity index (χ0) is 15.7. The van der Waals surface area contributed by atoms with Crippen LogP contribution < -0.4 is 5.56 Å². The van der Waals surface area contributed by atoms with Crippen LogP contribution >= 0.6 is 0 Å². The molecular weight excluding hydrogens is 282 g/mol. The summed E-state index contributed by atoms with van der Waals surface area (Å²) in [6.07, 6.45) is 2.21. The normalized spacial score (nSPS) is 11.2. The van der Waals surface area contributed by atoms with E-state index in [1.807, 2.05) is 29.5 Å². The number of rotatable bonds is 4. The Morgan fingerprint density at radius 3 is 2.95 bits per heavy atom. The van der Waals surface area contributed by atoms with Crippen molar-refractivity contribution in [3.63, 3.8) is 0 Å². The van der Waals surface area contributed by atoms with E-state index in [1.54, 1.807) is 13.1 Å². The SMILES string of the molecule is CCOC(=O)CCc1ncc2c(=O)[nH]c3cc(C)ccc3n12. The molecule has 2 heterocycles. The highest BCUT2D eigenvalue weighted by molar-refractivity contribution is 5.79. The first-order valence-electron chi connectivity index (χ1n) is 7.24. The minimum Gasteiger partial charge on any atom is -0.466 e. The van der Waals surface area contributed by atoms with Gasteiger partial charge in [-0.25, -0.2) is 4.98 Å². The zero-order valence-electron chi connectivity index (χ0n) is 12.5. The van der Waals surface area contributed by atoms with Gasteiger partial charge in [-0.3, -0.25) is 14.0 Å². The average Bonchev–Trinajstić information content (AvgIpc) is 2.90. The van der Waals surface area contributed by atoms with Gasteiger partial charge in [-0.2, -0.15) is 0 Å². The summed E-state index contributed by atoms with van der Waals surface area (Å²) in [6, 6.07) is 5.85. The largest absolute Gasteiger partial charge is 0.466 e. The second-order valence-corrected chi connectivity index (χ2v) is 5.17. The lowest BCUT2D eigenvalue weighted by Gasteiger charge is -2.07. The number of aromatic nitrogens is 3. The molecule has 0 fully saturated rings. The highest BCUT2D eigenvalue weighted by Gasteiger charge is 2.12. The van der Waals surface area contributed by atoms with Gasteiger partial charge in [0.2, 0.25) is 0 Å². The maximum Gasteiger partial charge on any atom is 0.306 e. The van der Waals surface area contributed by atoms with Crippen molar-refractivity contribution in [2.75, 3.05) is 6.61 Å². The number of H-pyrrole nitrogens is 1. The number of ether oxygens (including phenoxy) is 1. The van der Waals surface area contributed by atoms with Crippen LogP contribution in [-0.4, -0.2) is 26.9 Å². The van der Waals surface area contributed by atoms with Gasteiger partial charge in [0.05, 0.1) is 30.3 Å². The van der Waals surface area contributed by atoms with Crippen molar-refractivity contribution < 1.29 is 9.53 Å². The molecule has 0 unspecified atom stereocenters. The van der Waals surface area contributed by atoms with Crippen LogP contribution in [0, 0.1) is 6.92 Å². The lowest BCUT2D eigenvalue weighted by molar-refractivity contribution is -0.143. The van der Waals surface area contributed by atoms with Crippen LogP contribution in [0.25, 0.3) is 16.6 Å². The third-order valence-electron chi connectivity index (χ3n) is 3.57. The molecule has 2 aromatic heterocycles. The van der Waals surface area contributed by atoms with Crippen molar-refractivity contribution >= 4 is 22.5 Å². The Bertz CT molecular complexity index is 908. The predicted octanol–water partition coefficient (Wildman–Crippen LogP) is 1.98. The van der Waals surface area contributed by atoms with E-state index in [4.69, 9.17) is 4.74 Å². The molecule has 22 heavy (non-hydrogen) atoms. The molecule has 0 saturated carbocycles. The monoisotopic (exact) mass is 299 g/mol. The molecule has 0 amide bonds. The van der Waals surface area contributed by atoms with Gasteiger partial charge in [-0.05, 0) is 31.5 Å². The molecule has 0 aliphatic heterocycles. The predicted molar refractivity (Wildman–Crippen MR) is 83.0 cm³/mol. The number of imidazole rings is 1. The van der Waals surface area contributed by atoms with Gasteiger partial charge in [0.25, 0.3) is 5.56 Å². The number of nitrogens with one attached hydrogen (secondary N) is 1. The summed E-state index contributed by atoms with van der Waals surface area (Å²) < 4.78 is 6.75. The van der Waals surface area contributed by atoms with Crippen LogP contribution in [-0.2, 0) is 16.0 Å². The Balaban J connectivity index is 2.10. The Labute approximate surface area is 126 Å². The number of carbonyl (C=O) groups is 1. The van der Waals surface area contributed by atoms with Crippen LogP contribution in [0.4, 0.5) is 0 Å². The van der Waals surface area contributed by atoms with Crippen molar-refractivity contribution in [1.29, 1.82) is 0 Å². The van der Waals surface area contributed by atoms with Gasteiger partial charge in [0.15, 0.2) is 0 Å². The smallest absolute Gasteiger partial charge is 0.306 e. The van der Waals surface area contributed by atoms with E-state index in [0.717, 1.165) is 16.6 Å². The first kappa shape index (κ1) is 14.3. The number of aryl methyl sites for hydroxylation is 2. The molecule has 0 aliphatic carbocycles. The topological polar surface area (TPSA) is 76.5 Å². The quantitative estimate of drug-likeness (QED) is 0.747. The molecule has 0 bridgehead atoms. The minimum atomic E-state index is -0.260. The first-order valence-corrected chi connectivity index (χ1v) is 7.24. The molecule has 1 N–H and O–H groups in total. The van der Waals surface area contributed by atoms with E-state index in [2.05, 4.69) is 9.97 Å². The first-order chi connectivity index (χ1) is 10.6. The van der Waals surface area contributed by atoms with Crippen LogP contribution in [0.15, 0.2) is 29.2 Å². The van der Waals surface area contributed by atoms with Gasteiger partial charge >= 0.3 is 5.97 Å². The Kier molecular flexibility index (Phi) is 3.66. The lowest BCUT2D eigenvalue weighted by atomic mass is 10.2. The number of hydrogen-bond acceptors (Lipinski definition) is 4. The summed E-state index contributed by atoms with van der Waals surface area (Å²) in [6.45, 7) is 4.11. The fourth-order valence-corrected chi connectivity index (χ4v) is 2.57. The maximum atomic E-state index is 12.1. The second kappa shape index (κ2) is 5.63. The minimum absolute atomic E-state index is 0.187. The lowest BCUT2D eigenvalue weighted by Crippen LogP contribution is -2.12. The van der Waals surface area contributed by atoms with Gasteiger partial charge in [0.1, 0.15) is 11.3 Å². The van der Waals surface area contributed by atoms with Gasteiger partial charge in [0, 0.05) is 6.42 Å². The summed E-state index contributed by atoms with van der Waals surface area (Å²) in [4.78, 5) is 30.8. The standard InChI is InChI=1S/C16H17N3O3/c1-3-22-15(20)7-6-14-17-9-13-16(21)18-11-8-10(2)4-5-12(11)19(13)14/h4-5,8-9H,3,6-7H2,1-2H3,(H,18,21). The summed E-state index contributed by atoms with van der Waals surface area (Å²) in [5, 5.41) is 0. The molecule has 3 aromatic rings. The van der Waals surface area contributed by atoms with Gasteiger partial charge in [-0.1, -0.05) is 6.07 Å². The van der Waals surface area contributed by atoms with E-state index in [-0.39, 0.29) is 17.9 Å². The Morgan fingerprint density at radius 2 is 2.18 bits per heavy atom. The number of aromatic amines is 1. The number of esters is 1. The highest BCUT2D eigenvalue weighted by Crippen LogP contribution is 2.16. The molecule has 114 valence electrons. The molecule has 0 saturated heterocycles. The van der Waals surface area contributed by atoms with E-state index in [1.165, 1.54) is 0 Å². The summed E-state index contributed by atoms with van der Waals surface area (Å²) in [5.41, 5.74) is 2.99. The summed E-state index contributed by atoms with van der Waals surface area (Å²) in [7, 11) is 0. The van der Waals surface area contributed by atoms with Crippen molar-refractivity contribution in [3.05, 3.63) is 46.1 Å². The molecule has 0 aliphatic rings. The zero-order valence-corrected chi connectivity index (χ0v) is 12.5. The highest BCUT2D eigenvalue weighted by atomic mass is 16.5. The van der Waals surface area contributed by atoms with Crippen LogP contribution in [0.3, 0.4) is 0 Å². The second-order valence-electron chi connectivity index (χ2n) is 5.17. The molecule has 1 aromatic carbocycles. The summed E-state index contributed by atoms with van der Waals surface area (Å²) in [5.74, 6) is 0.423. The van der Waals surface area contributed by atoms with Crippen molar-refractivity contribution in [3.8, 4) is 0 Å². The van der Waals surface area contributed by atoms with Crippen molar-refractivity contribution in [2.45, 2.75) is 26.7 Å². The third kappa shape index (κ3) is 2.47. The van der Waals surface area contributed by atoms with Crippen molar-refractivity contribution in [1.82, 2.24) is 14.4 Å². The molecule has 0 spiro atoms. The van der Waals surface area contributed by atoms with Gasteiger partial charge < -0.3 is 9.72 Å². The number of hydrogen-bond donors (Lipinski definition) is 1. The van der Waals surface area contributed by atoms with E-state index >= 15 is 0 Å². The van der Waals surface area contributed by atoms with Crippen LogP contribution in [0.2, 0.25) is 0 Å². The van der Waals surface area contributed by atoms with Gasteiger partial charge in [-0.15, -0.1) is 0 Å². The maximum absolute atomic E-state index is 12.1. The average molecular weight is 299 g/mol. The van der Waals surface area contributed by atoms with Crippen LogP contribution in [0.1, 0.15) is 24.7 Å². The molecule has 0 atom stereocenters. The Morgan fingerprint density at radius 1 is 1.36 bits per heavy atom. The molecule has 6 heteroatoms. The van der Waals surface area contributed by atoms with Crippen LogP contribution in [0.5, 0.6) is 0 Å².